The largest absolute Gasteiger partial charge is 0.329 e. The van der Waals surface area contributed by atoms with Gasteiger partial charge in [0, 0.05) is 17.5 Å². The summed E-state index contributed by atoms with van der Waals surface area (Å²) in [6, 6.07) is 1.38. The third kappa shape index (κ3) is 3.75. The van der Waals surface area contributed by atoms with Gasteiger partial charge in [0.1, 0.15) is 0 Å². The lowest BCUT2D eigenvalue weighted by Gasteiger charge is -2.20. The van der Waals surface area contributed by atoms with Crippen molar-refractivity contribution in [2.24, 2.45) is 11.7 Å². The Labute approximate surface area is 115 Å². The minimum atomic E-state index is -3.48. The quantitative estimate of drug-likeness (QED) is 0.861. The van der Waals surface area contributed by atoms with Crippen LogP contribution < -0.4 is 10.5 Å². The molecule has 1 heterocycles. The van der Waals surface area contributed by atoms with E-state index in [4.69, 9.17) is 5.73 Å². The SMILES string of the molecule is Cc1sc(Br)cc1S(=O)(=O)NC(CN)C(C)C. The van der Waals surface area contributed by atoms with E-state index >= 15 is 0 Å². The Morgan fingerprint density at radius 3 is 2.47 bits per heavy atom. The molecule has 3 N–H and O–H groups in total. The molecule has 1 atom stereocenters. The fourth-order valence-corrected chi connectivity index (χ4v) is 5.23. The lowest BCUT2D eigenvalue weighted by molar-refractivity contribution is 0.455. The van der Waals surface area contributed by atoms with Gasteiger partial charge in [0.05, 0.1) is 8.68 Å². The van der Waals surface area contributed by atoms with Gasteiger partial charge in [-0.05, 0) is 34.8 Å². The molecule has 0 aliphatic carbocycles. The highest BCUT2D eigenvalue weighted by molar-refractivity contribution is 9.11. The van der Waals surface area contributed by atoms with E-state index in [9.17, 15) is 8.42 Å². The van der Waals surface area contributed by atoms with Gasteiger partial charge in [0.15, 0.2) is 0 Å². The Morgan fingerprint density at radius 1 is 1.53 bits per heavy atom. The maximum absolute atomic E-state index is 12.2. The number of nitrogens with two attached hydrogens (primary N) is 1. The topological polar surface area (TPSA) is 72.2 Å². The van der Waals surface area contributed by atoms with Crippen molar-refractivity contribution < 1.29 is 8.42 Å². The molecule has 0 aliphatic heterocycles. The van der Waals surface area contributed by atoms with Gasteiger partial charge in [-0.3, -0.25) is 0 Å². The monoisotopic (exact) mass is 340 g/mol. The highest BCUT2D eigenvalue weighted by Gasteiger charge is 2.24. The summed E-state index contributed by atoms with van der Waals surface area (Å²) in [5, 5.41) is 0. The number of halogens is 1. The van der Waals surface area contributed by atoms with Crippen molar-refractivity contribution in [3.8, 4) is 0 Å². The van der Waals surface area contributed by atoms with E-state index in [1.54, 1.807) is 13.0 Å². The molecule has 0 aromatic carbocycles. The zero-order valence-electron chi connectivity index (χ0n) is 10.0. The molecule has 0 aliphatic rings. The van der Waals surface area contributed by atoms with E-state index < -0.39 is 10.0 Å². The zero-order valence-corrected chi connectivity index (χ0v) is 13.2. The molecular formula is C10H17BrN2O2S2. The molecule has 1 unspecified atom stereocenters. The first-order chi connectivity index (χ1) is 7.77. The van der Waals surface area contributed by atoms with Crippen molar-refractivity contribution in [3.63, 3.8) is 0 Å². The molecule has 1 aromatic heterocycles. The van der Waals surface area contributed by atoms with Crippen LogP contribution in [0.4, 0.5) is 0 Å². The van der Waals surface area contributed by atoms with Crippen molar-refractivity contribution in [1.82, 2.24) is 4.72 Å². The van der Waals surface area contributed by atoms with Crippen molar-refractivity contribution >= 4 is 37.3 Å². The summed E-state index contributed by atoms with van der Waals surface area (Å²) in [5.41, 5.74) is 5.57. The Morgan fingerprint density at radius 2 is 2.12 bits per heavy atom. The highest BCUT2D eigenvalue weighted by Crippen LogP contribution is 2.29. The van der Waals surface area contributed by atoms with Crippen LogP contribution in [0.25, 0.3) is 0 Å². The highest BCUT2D eigenvalue weighted by atomic mass is 79.9. The van der Waals surface area contributed by atoms with Gasteiger partial charge in [0.2, 0.25) is 10.0 Å². The van der Waals surface area contributed by atoms with E-state index in [0.29, 0.717) is 11.4 Å². The molecule has 0 saturated carbocycles. The fraction of sp³-hybridized carbons (Fsp3) is 0.600. The standard InChI is InChI=1S/C10H17BrN2O2S2/c1-6(2)8(5-12)13-17(14,15)9-4-10(11)16-7(9)3/h4,6,8,13H,5,12H2,1-3H3. The molecule has 17 heavy (non-hydrogen) atoms. The summed E-state index contributed by atoms with van der Waals surface area (Å²) in [4.78, 5) is 1.09. The Bertz CT molecular complexity index is 482. The Hall–Kier alpha value is 0.0500. The lowest BCUT2D eigenvalue weighted by atomic mass is 10.1. The van der Waals surface area contributed by atoms with Crippen molar-refractivity contribution in [2.45, 2.75) is 31.7 Å². The number of thiophene rings is 1. The van der Waals surface area contributed by atoms with E-state index in [-0.39, 0.29) is 12.0 Å². The minimum absolute atomic E-state index is 0.164. The van der Waals surface area contributed by atoms with Crippen molar-refractivity contribution in [1.29, 1.82) is 0 Å². The third-order valence-corrected chi connectivity index (χ3v) is 5.80. The predicted molar refractivity (Wildman–Crippen MR) is 74.8 cm³/mol. The van der Waals surface area contributed by atoms with Gasteiger partial charge in [-0.25, -0.2) is 13.1 Å². The number of sulfonamides is 1. The second-order valence-corrected chi connectivity index (χ2v) is 8.50. The molecule has 0 radical (unpaired) electrons. The average molecular weight is 341 g/mol. The second kappa shape index (κ2) is 5.79. The van der Waals surface area contributed by atoms with Crippen molar-refractivity contribution in [3.05, 3.63) is 14.7 Å². The molecule has 4 nitrogen and oxygen atoms in total. The minimum Gasteiger partial charge on any atom is -0.329 e. The van der Waals surface area contributed by atoms with Gasteiger partial charge >= 0.3 is 0 Å². The van der Waals surface area contributed by atoms with Crippen LogP contribution in [0.15, 0.2) is 14.7 Å². The smallest absolute Gasteiger partial charge is 0.242 e. The summed E-state index contributed by atoms with van der Waals surface area (Å²) in [7, 11) is -3.48. The number of nitrogens with one attached hydrogen (secondary N) is 1. The van der Waals surface area contributed by atoms with Gasteiger partial charge in [-0.2, -0.15) is 0 Å². The average Bonchev–Trinajstić information content (AvgIpc) is 2.54. The van der Waals surface area contributed by atoms with Crippen LogP contribution >= 0.6 is 27.3 Å². The molecule has 0 amide bonds. The molecular weight excluding hydrogens is 324 g/mol. The number of rotatable bonds is 5. The summed E-state index contributed by atoms with van der Waals surface area (Å²) in [6.07, 6.45) is 0. The first-order valence-electron chi connectivity index (χ1n) is 5.26. The molecule has 1 aromatic rings. The summed E-state index contributed by atoms with van der Waals surface area (Å²) < 4.78 is 27.8. The lowest BCUT2D eigenvalue weighted by Crippen LogP contribution is -2.43. The molecule has 0 bridgehead atoms. The molecule has 0 saturated heterocycles. The molecule has 7 heteroatoms. The fourth-order valence-electron chi connectivity index (χ4n) is 1.42. The third-order valence-electron chi connectivity index (χ3n) is 2.50. The first kappa shape index (κ1) is 15.1. The Balaban J connectivity index is 3.00. The van der Waals surface area contributed by atoms with Crippen LogP contribution in [0.1, 0.15) is 18.7 Å². The molecule has 0 spiro atoms. The van der Waals surface area contributed by atoms with Crippen LogP contribution in [0.5, 0.6) is 0 Å². The predicted octanol–water partition coefficient (Wildman–Crippen LogP) is 2.08. The van der Waals surface area contributed by atoms with E-state index in [1.807, 2.05) is 13.8 Å². The van der Waals surface area contributed by atoms with Gasteiger partial charge in [-0.15, -0.1) is 11.3 Å². The molecule has 1 rings (SSSR count). The summed E-state index contributed by atoms with van der Waals surface area (Å²) >= 11 is 4.69. The zero-order chi connectivity index (χ0) is 13.2. The van der Waals surface area contributed by atoms with Gasteiger partial charge < -0.3 is 5.73 Å². The molecule has 0 fully saturated rings. The number of hydrogen-bond donors (Lipinski definition) is 2. The van der Waals surface area contributed by atoms with Crippen LogP contribution in [0.2, 0.25) is 0 Å². The van der Waals surface area contributed by atoms with E-state index in [1.165, 1.54) is 11.3 Å². The van der Waals surface area contributed by atoms with E-state index in [0.717, 1.165) is 8.66 Å². The number of hydrogen-bond acceptors (Lipinski definition) is 4. The summed E-state index contributed by atoms with van der Waals surface area (Å²) in [6.45, 7) is 5.96. The maximum Gasteiger partial charge on any atom is 0.242 e. The van der Waals surface area contributed by atoms with Crippen LogP contribution in [0.3, 0.4) is 0 Å². The normalized spacial score (nSPS) is 14.2. The number of aryl methyl sites for hydroxylation is 1. The Kier molecular flexibility index (Phi) is 5.15. The second-order valence-electron chi connectivity index (χ2n) is 4.18. The maximum atomic E-state index is 12.2. The van der Waals surface area contributed by atoms with Gasteiger partial charge in [0.25, 0.3) is 0 Å². The molecule has 98 valence electrons. The van der Waals surface area contributed by atoms with Gasteiger partial charge in [-0.1, -0.05) is 13.8 Å². The van der Waals surface area contributed by atoms with Crippen molar-refractivity contribution in [2.75, 3.05) is 6.54 Å². The van der Waals surface area contributed by atoms with E-state index in [2.05, 4.69) is 20.7 Å². The summed E-state index contributed by atoms with van der Waals surface area (Å²) in [5.74, 6) is 0.164. The van der Waals surface area contributed by atoms with Crippen LogP contribution in [-0.2, 0) is 10.0 Å². The van der Waals surface area contributed by atoms with Crippen LogP contribution in [0, 0.1) is 12.8 Å². The van der Waals surface area contributed by atoms with Crippen LogP contribution in [-0.4, -0.2) is 21.0 Å². The first-order valence-corrected chi connectivity index (χ1v) is 8.35.